The van der Waals surface area contributed by atoms with E-state index in [9.17, 15) is 0 Å². The Balaban J connectivity index is 2.14. The van der Waals surface area contributed by atoms with Crippen LogP contribution in [0.1, 0.15) is 11.1 Å². The van der Waals surface area contributed by atoms with E-state index in [1.807, 2.05) is 44.3 Å². The molecule has 18 heavy (non-hydrogen) atoms. The van der Waals surface area contributed by atoms with Gasteiger partial charge in [-0.25, -0.2) is 4.98 Å². The fourth-order valence-corrected chi connectivity index (χ4v) is 1.83. The van der Waals surface area contributed by atoms with E-state index in [1.165, 1.54) is 0 Å². The maximum Gasteiger partial charge on any atom is 0.138 e. The number of anilines is 1. The van der Waals surface area contributed by atoms with E-state index in [-0.39, 0.29) is 0 Å². The molecule has 3 nitrogen and oxygen atoms in total. The van der Waals surface area contributed by atoms with Crippen LogP contribution in [0.15, 0.2) is 36.5 Å². The molecule has 0 aliphatic carbocycles. The SMILES string of the molecule is CNc1ncccc1COc1cc(C)ccc1Cl. The quantitative estimate of drug-likeness (QED) is 0.913. The molecule has 1 aromatic carbocycles. The van der Waals surface area contributed by atoms with Crippen molar-refractivity contribution in [3.8, 4) is 5.75 Å². The summed E-state index contributed by atoms with van der Waals surface area (Å²) in [5.74, 6) is 1.52. The average molecular weight is 263 g/mol. The van der Waals surface area contributed by atoms with Crippen LogP contribution in [0.5, 0.6) is 5.75 Å². The summed E-state index contributed by atoms with van der Waals surface area (Å²) in [6, 6.07) is 9.59. The van der Waals surface area contributed by atoms with Gasteiger partial charge >= 0.3 is 0 Å². The van der Waals surface area contributed by atoms with E-state index in [2.05, 4.69) is 10.3 Å². The number of pyridine rings is 1. The van der Waals surface area contributed by atoms with Gasteiger partial charge in [-0.05, 0) is 30.7 Å². The zero-order valence-corrected chi connectivity index (χ0v) is 11.2. The van der Waals surface area contributed by atoms with Gasteiger partial charge in [-0.2, -0.15) is 0 Å². The summed E-state index contributed by atoms with van der Waals surface area (Å²) >= 11 is 6.08. The van der Waals surface area contributed by atoms with Crippen LogP contribution in [0.4, 0.5) is 5.82 Å². The van der Waals surface area contributed by atoms with Crippen LogP contribution >= 0.6 is 11.6 Å². The third-order valence-electron chi connectivity index (χ3n) is 2.60. The van der Waals surface area contributed by atoms with Crippen LogP contribution in [-0.4, -0.2) is 12.0 Å². The highest BCUT2D eigenvalue weighted by atomic mass is 35.5. The van der Waals surface area contributed by atoms with Gasteiger partial charge in [0.15, 0.2) is 0 Å². The normalized spacial score (nSPS) is 10.2. The summed E-state index contributed by atoms with van der Waals surface area (Å²) < 4.78 is 5.73. The van der Waals surface area contributed by atoms with Crippen molar-refractivity contribution in [2.45, 2.75) is 13.5 Å². The van der Waals surface area contributed by atoms with Crippen LogP contribution < -0.4 is 10.1 Å². The van der Waals surface area contributed by atoms with Crippen LogP contribution in [-0.2, 0) is 6.61 Å². The lowest BCUT2D eigenvalue weighted by Gasteiger charge is -2.11. The number of aromatic nitrogens is 1. The Hall–Kier alpha value is -1.74. The Morgan fingerprint density at radius 2 is 2.17 bits per heavy atom. The van der Waals surface area contributed by atoms with Crippen molar-refractivity contribution in [2.24, 2.45) is 0 Å². The molecule has 1 aromatic heterocycles. The molecule has 0 saturated carbocycles. The lowest BCUT2D eigenvalue weighted by atomic mass is 10.2. The van der Waals surface area contributed by atoms with Crippen LogP contribution in [0, 0.1) is 6.92 Å². The number of hydrogen-bond acceptors (Lipinski definition) is 3. The summed E-state index contributed by atoms with van der Waals surface area (Å²) in [5, 5.41) is 3.65. The van der Waals surface area contributed by atoms with Gasteiger partial charge in [0.05, 0.1) is 5.02 Å². The largest absolute Gasteiger partial charge is 0.487 e. The first-order chi connectivity index (χ1) is 8.70. The van der Waals surface area contributed by atoms with Crippen molar-refractivity contribution in [3.63, 3.8) is 0 Å². The molecule has 0 atom stereocenters. The predicted octanol–water partition coefficient (Wildman–Crippen LogP) is 3.66. The maximum absolute atomic E-state index is 6.08. The Bertz CT molecular complexity index is 543. The summed E-state index contributed by atoms with van der Waals surface area (Å²) in [6.07, 6.45) is 1.75. The fraction of sp³-hybridized carbons (Fsp3) is 0.214. The van der Waals surface area contributed by atoms with Gasteiger partial charge in [-0.15, -0.1) is 0 Å². The zero-order valence-electron chi connectivity index (χ0n) is 10.4. The summed E-state index contributed by atoms with van der Waals surface area (Å²) in [7, 11) is 1.84. The lowest BCUT2D eigenvalue weighted by molar-refractivity contribution is 0.306. The molecule has 0 unspecified atom stereocenters. The Kier molecular flexibility index (Phi) is 4.05. The minimum Gasteiger partial charge on any atom is -0.487 e. The Labute approximate surface area is 112 Å². The molecule has 1 N–H and O–H groups in total. The molecule has 2 rings (SSSR count). The highest BCUT2D eigenvalue weighted by Gasteiger charge is 2.05. The van der Waals surface area contributed by atoms with E-state index in [0.29, 0.717) is 17.4 Å². The van der Waals surface area contributed by atoms with Gasteiger partial charge in [0.1, 0.15) is 18.2 Å². The van der Waals surface area contributed by atoms with Crippen molar-refractivity contribution >= 4 is 17.4 Å². The third kappa shape index (κ3) is 2.93. The summed E-state index contributed by atoms with van der Waals surface area (Å²) in [5.41, 5.74) is 2.12. The molecule has 0 bridgehead atoms. The van der Waals surface area contributed by atoms with Crippen molar-refractivity contribution < 1.29 is 4.74 Å². The second kappa shape index (κ2) is 5.74. The highest BCUT2D eigenvalue weighted by molar-refractivity contribution is 6.32. The highest BCUT2D eigenvalue weighted by Crippen LogP contribution is 2.26. The van der Waals surface area contributed by atoms with Crippen LogP contribution in [0.25, 0.3) is 0 Å². The topological polar surface area (TPSA) is 34.2 Å². The third-order valence-corrected chi connectivity index (χ3v) is 2.91. The van der Waals surface area contributed by atoms with Gasteiger partial charge in [0.25, 0.3) is 0 Å². The lowest BCUT2D eigenvalue weighted by Crippen LogP contribution is -2.02. The minimum atomic E-state index is 0.438. The zero-order chi connectivity index (χ0) is 13.0. The number of halogens is 1. The van der Waals surface area contributed by atoms with Crippen LogP contribution in [0.3, 0.4) is 0 Å². The molecule has 0 aliphatic rings. The van der Waals surface area contributed by atoms with E-state index in [1.54, 1.807) is 6.20 Å². The standard InChI is InChI=1S/C14H15ClN2O/c1-10-5-6-12(15)13(8-10)18-9-11-4-3-7-17-14(11)16-2/h3-8H,9H2,1-2H3,(H,16,17). The van der Waals surface area contributed by atoms with Gasteiger partial charge in [-0.3, -0.25) is 0 Å². The Morgan fingerprint density at radius 3 is 2.94 bits per heavy atom. The molecule has 4 heteroatoms. The van der Waals surface area contributed by atoms with Crippen molar-refractivity contribution in [2.75, 3.05) is 12.4 Å². The van der Waals surface area contributed by atoms with E-state index >= 15 is 0 Å². The molecule has 0 spiro atoms. The molecular weight excluding hydrogens is 248 g/mol. The number of aryl methyl sites for hydroxylation is 1. The number of nitrogens with zero attached hydrogens (tertiary/aromatic N) is 1. The predicted molar refractivity (Wildman–Crippen MR) is 74.3 cm³/mol. The molecular formula is C14H15ClN2O. The van der Waals surface area contributed by atoms with Gasteiger partial charge in [0, 0.05) is 18.8 Å². The number of nitrogens with one attached hydrogen (secondary N) is 1. The first-order valence-electron chi connectivity index (χ1n) is 5.71. The first-order valence-corrected chi connectivity index (χ1v) is 6.09. The number of hydrogen-bond donors (Lipinski definition) is 1. The van der Waals surface area contributed by atoms with E-state index < -0.39 is 0 Å². The molecule has 0 saturated heterocycles. The molecule has 1 heterocycles. The molecule has 2 aromatic rings. The molecule has 0 radical (unpaired) electrons. The van der Waals surface area contributed by atoms with Crippen molar-refractivity contribution in [1.29, 1.82) is 0 Å². The second-order valence-electron chi connectivity index (χ2n) is 3.98. The molecule has 0 amide bonds. The molecule has 0 fully saturated rings. The second-order valence-corrected chi connectivity index (χ2v) is 4.39. The van der Waals surface area contributed by atoms with Crippen LogP contribution in [0.2, 0.25) is 5.02 Å². The number of rotatable bonds is 4. The maximum atomic E-state index is 6.08. The molecule has 0 aliphatic heterocycles. The van der Waals surface area contributed by atoms with E-state index in [0.717, 1.165) is 16.9 Å². The van der Waals surface area contributed by atoms with E-state index in [4.69, 9.17) is 16.3 Å². The average Bonchev–Trinajstić information content (AvgIpc) is 2.40. The number of ether oxygens (including phenoxy) is 1. The molecule has 94 valence electrons. The summed E-state index contributed by atoms with van der Waals surface area (Å²) in [4.78, 5) is 4.23. The van der Waals surface area contributed by atoms with Gasteiger partial charge < -0.3 is 10.1 Å². The fourth-order valence-electron chi connectivity index (χ4n) is 1.66. The minimum absolute atomic E-state index is 0.438. The monoisotopic (exact) mass is 262 g/mol. The first kappa shape index (κ1) is 12.7. The van der Waals surface area contributed by atoms with Gasteiger partial charge in [-0.1, -0.05) is 23.7 Å². The number of benzene rings is 1. The summed E-state index contributed by atoms with van der Waals surface area (Å²) in [6.45, 7) is 2.44. The Morgan fingerprint density at radius 1 is 1.33 bits per heavy atom. The van der Waals surface area contributed by atoms with Gasteiger partial charge in [0.2, 0.25) is 0 Å². The smallest absolute Gasteiger partial charge is 0.138 e. The van der Waals surface area contributed by atoms with Crippen molar-refractivity contribution in [3.05, 3.63) is 52.7 Å². The van der Waals surface area contributed by atoms with Crippen molar-refractivity contribution in [1.82, 2.24) is 4.98 Å².